The van der Waals surface area contributed by atoms with E-state index < -0.39 is 17.9 Å². The molecule has 0 fully saturated rings. The van der Waals surface area contributed by atoms with Crippen molar-refractivity contribution < 1.29 is 49.4 Å². The Morgan fingerprint density at radius 3 is 1.44 bits per heavy atom. The minimum atomic E-state index is -1.39. The van der Waals surface area contributed by atoms with Crippen LogP contribution in [0.4, 0.5) is 0 Å². The van der Waals surface area contributed by atoms with Crippen LogP contribution in [0.3, 0.4) is 0 Å². The Morgan fingerprint density at radius 1 is 1.22 bits per heavy atom. The van der Waals surface area contributed by atoms with Gasteiger partial charge < -0.3 is 10.2 Å². The van der Waals surface area contributed by atoms with Gasteiger partial charge in [-0.15, -0.1) is 0 Å². The van der Waals surface area contributed by atoms with E-state index in [4.69, 9.17) is 10.2 Å². The van der Waals surface area contributed by atoms with Crippen molar-refractivity contribution in [2.75, 3.05) is 0 Å². The fraction of sp³-hybridized carbons (Fsp3) is 0.250. The molecule has 46 valence electrons. The summed E-state index contributed by atoms with van der Waals surface area (Å²) in [5, 5.41) is 15.9. The number of rotatable bonds is 2. The molecule has 0 aliphatic rings. The molecule has 9 heavy (non-hydrogen) atoms. The van der Waals surface area contributed by atoms with Gasteiger partial charge in [0, 0.05) is 0 Å². The molecule has 0 radical (unpaired) electrons. The van der Waals surface area contributed by atoms with E-state index in [1.165, 1.54) is 0 Å². The standard InChI is InChI=1S/C4H5O4.Na/c1-2(3(5)6)4(7)8;/h1H3,(H,5,6)(H,7,8);/q-1;+1. The Hall–Kier alpha value is -0.190. The normalized spacial score (nSPS) is 7.22. The average molecular weight is 140 g/mol. The summed E-state index contributed by atoms with van der Waals surface area (Å²) >= 11 is 0. The predicted octanol–water partition coefficient (Wildman–Crippen LogP) is -3.25. The number of aliphatic carboxylic acids is 2. The van der Waals surface area contributed by atoms with Crippen molar-refractivity contribution in [1.82, 2.24) is 0 Å². The summed E-state index contributed by atoms with van der Waals surface area (Å²) in [4.78, 5) is 19.4. The van der Waals surface area contributed by atoms with Crippen molar-refractivity contribution in [3.63, 3.8) is 0 Å². The number of carboxylic acid groups (broad SMARTS) is 2. The summed E-state index contributed by atoms with van der Waals surface area (Å²) in [5.41, 5.74) is 0. The summed E-state index contributed by atoms with van der Waals surface area (Å²) in [7, 11) is 0. The van der Waals surface area contributed by atoms with Crippen molar-refractivity contribution in [2.24, 2.45) is 0 Å². The minimum absolute atomic E-state index is 0. The third-order valence-electron chi connectivity index (χ3n) is 0.642. The van der Waals surface area contributed by atoms with Gasteiger partial charge in [0.15, 0.2) is 11.9 Å². The maximum absolute atomic E-state index is 9.72. The first-order valence-electron chi connectivity index (χ1n) is 1.86. The molecule has 2 N–H and O–H groups in total. The van der Waals surface area contributed by atoms with Crippen molar-refractivity contribution >= 4 is 11.9 Å². The molecule has 0 aliphatic carbocycles. The molecular formula is C4H5NaO4. The summed E-state index contributed by atoms with van der Waals surface area (Å²) in [6.45, 7) is 1.03. The molecule has 0 unspecified atom stereocenters. The minimum Gasteiger partial charge on any atom is -0.503 e. The fourth-order valence-corrected chi connectivity index (χ4v) is 0.0915. The maximum Gasteiger partial charge on any atom is 1.00 e. The van der Waals surface area contributed by atoms with Gasteiger partial charge in [0.05, 0.1) is 0 Å². The van der Waals surface area contributed by atoms with Gasteiger partial charge in [0.25, 0.3) is 0 Å². The molecule has 0 heterocycles. The fourth-order valence-electron chi connectivity index (χ4n) is 0.0915. The van der Waals surface area contributed by atoms with E-state index in [9.17, 15) is 9.59 Å². The first kappa shape index (κ1) is 11.6. The van der Waals surface area contributed by atoms with Gasteiger partial charge in [-0.05, 0) is 0 Å². The number of hydrogen-bond donors (Lipinski definition) is 2. The van der Waals surface area contributed by atoms with Crippen LogP contribution in [-0.4, -0.2) is 22.2 Å². The second kappa shape index (κ2) is 4.67. The number of hydrogen-bond acceptors (Lipinski definition) is 2. The molecule has 0 atom stereocenters. The molecule has 0 aromatic carbocycles. The Labute approximate surface area is 74.2 Å². The van der Waals surface area contributed by atoms with Crippen molar-refractivity contribution in [3.05, 3.63) is 5.92 Å². The van der Waals surface area contributed by atoms with Gasteiger partial charge in [-0.1, -0.05) is 0 Å². The second-order valence-corrected chi connectivity index (χ2v) is 1.24. The van der Waals surface area contributed by atoms with Gasteiger partial charge >= 0.3 is 29.6 Å². The van der Waals surface area contributed by atoms with E-state index in [0.717, 1.165) is 6.92 Å². The smallest absolute Gasteiger partial charge is 0.503 e. The van der Waals surface area contributed by atoms with Crippen molar-refractivity contribution in [3.8, 4) is 0 Å². The van der Waals surface area contributed by atoms with Crippen LogP contribution in [0.25, 0.3) is 0 Å². The summed E-state index contributed by atoms with van der Waals surface area (Å²) in [5.74, 6) is -3.35. The molecule has 5 heteroatoms. The zero-order valence-electron chi connectivity index (χ0n) is 5.21. The average Bonchev–Trinajstić information content (AvgIpc) is 1.64. The number of carbonyl (C=O) groups is 2. The van der Waals surface area contributed by atoms with Crippen LogP contribution < -0.4 is 29.6 Å². The van der Waals surface area contributed by atoms with Gasteiger partial charge in [-0.2, -0.15) is 12.8 Å². The molecule has 0 bridgehead atoms. The van der Waals surface area contributed by atoms with E-state index >= 15 is 0 Å². The zero-order valence-corrected chi connectivity index (χ0v) is 7.21. The maximum atomic E-state index is 9.72. The van der Waals surface area contributed by atoms with Crippen LogP contribution in [0.2, 0.25) is 0 Å². The second-order valence-electron chi connectivity index (χ2n) is 1.24. The van der Waals surface area contributed by atoms with Crippen LogP contribution in [0.15, 0.2) is 0 Å². The molecular weight excluding hydrogens is 135 g/mol. The third-order valence-corrected chi connectivity index (χ3v) is 0.642. The van der Waals surface area contributed by atoms with Crippen LogP contribution in [0.5, 0.6) is 0 Å². The van der Waals surface area contributed by atoms with Crippen LogP contribution in [0.1, 0.15) is 6.92 Å². The molecule has 0 aromatic heterocycles. The molecule has 0 spiro atoms. The molecule has 4 nitrogen and oxygen atoms in total. The molecule has 0 amide bonds. The SMILES string of the molecule is C[C-](C(=O)O)C(=O)O.[Na+]. The number of carboxylic acids is 2. The van der Waals surface area contributed by atoms with Crippen LogP contribution in [0, 0.1) is 5.92 Å². The Morgan fingerprint density at radius 2 is 1.44 bits per heavy atom. The van der Waals surface area contributed by atoms with Crippen molar-refractivity contribution in [2.45, 2.75) is 6.92 Å². The molecule has 0 rings (SSSR count). The van der Waals surface area contributed by atoms with E-state index in [-0.39, 0.29) is 29.6 Å². The molecule has 0 aromatic rings. The first-order valence-corrected chi connectivity index (χ1v) is 1.86. The van der Waals surface area contributed by atoms with Gasteiger partial charge in [0.2, 0.25) is 0 Å². The quantitative estimate of drug-likeness (QED) is 0.240. The monoisotopic (exact) mass is 140 g/mol. The zero-order chi connectivity index (χ0) is 6.73. The summed E-state index contributed by atoms with van der Waals surface area (Å²) in [6.07, 6.45) is 0. The van der Waals surface area contributed by atoms with E-state index in [2.05, 4.69) is 0 Å². The summed E-state index contributed by atoms with van der Waals surface area (Å²) in [6, 6.07) is 0. The van der Waals surface area contributed by atoms with Crippen LogP contribution >= 0.6 is 0 Å². The van der Waals surface area contributed by atoms with Crippen LogP contribution in [-0.2, 0) is 9.59 Å². The molecule has 0 aliphatic heterocycles. The van der Waals surface area contributed by atoms with Gasteiger partial charge in [-0.3, -0.25) is 9.59 Å². The largest absolute Gasteiger partial charge is 1.00 e. The Kier molecular flexibility index (Phi) is 6.01. The predicted molar refractivity (Wildman–Crippen MR) is 24.2 cm³/mol. The first-order chi connectivity index (χ1) is 3.55. The summed E-state index contributed by atoms with van der Waals surface area (Å²) < 4.78 is 0. The van der Waals surface area contributed by atoms with E-state index in [1.54, 1.807) is 0 Å². The Balaban J connectivity index is 0. The van der Waals surface area contributed by atoms with E-state index in [0.29, 0.717) is 0 Å². The van der Waals surface area contributed by atoms with Gasteiger partial charge in [0.1, 0.15) is 0 Å². The van der Waals surface area contributed by atoms with E-state index in [1.807, 2.05) is 0 Å². The Bertz CT molecular complexity index is 108. The van der Waals surface area contributed by atoms with Gasteiger partial charge in [-0.25, -0.2) is 0 Å². The van der Waals surface area contributed by atoms with Crippen molar-refractivity contribution in [1.29, 1.82) is 0 Å². The third kappa shape index (κ3) is 4.32. The molecule has 0 saturated carbocycles. The molecule has 0 saturated heterocycles. The topological polar surface area (TPSA) is 74.6 Å².